The molecule has 56 heavy (non-hydrogen) atoms. The highest BCUT2D eigenvalue weighted by Crippen LogP contribution is 2.53. The number of benzene rings is 4. The number of phenolic OH excluding ortho intramolecular Hbond substituents is 4. The van der Waals surface area contributed by atoms with E-state index in [-0.39, 0.29) is 47.1 Å². The van der Waals surface area contributed by atoms with Gasteiger partial charge in [0, 0.05) is 24.1 Å². The Kier molecular flexibility index (Phi) is 12.0. The zero-order valence-electron chi connectivity index (χ0n) is 32.1. The van der Waals surface area contributed by atoms with E-state index >= 15 is 0 Å². The molecule has 4 aromatic rings. The first kappa shape index (κ1) is 38.9. The first-order chi connectivity index (χ1) is 27.1. The highest BCUT2D eigenvalue weighted by Gasteiger charge is 2.49. The third kappa shape index (κ3) is 8.70. The Labute approximate surface area is 328 Å². The molecular weight excluding hydrogens is 709 g/mol. The fourth-order valence-corrected chi connectivity index (χ4v) is 9.13. The van der Waals surface area contributed by atoms with Gasteiger partial charge in [0.2, 0.25) is 5.75 Å². The van der Waals surface area contributed by atoms with Gasteiger partial charge in [-0.25, -0.2) is 0 Å². The Hall–Kier alpha value is -5.35. The monoisotopic (exact) mass is 762 g/mol. The number of Topliss-reactive ketones (excluding diaryl/α,β-unsaturated/α-hetero) is 1. The van der Waals surface area contributed by atoms with Crippen molar-refractivity contribution in [2.75, 3.05) is 19.0 Å². The molecule has 3 aliphatic rings. The van der Waals surface area contributed by atoms with E-state index in [0.29, 0.717) is 37.1 Å². The minimum atomic E-state index is -0.962. The number of hydrogen-bond donors (Lipinski definition) is 7. The molecule has 10 nitrogen and oxygen atoms in total. The second kappa shape index (κ2) is 17.2. The van der Waals surface area contributed by atoms with E-state index in [1.807, 2.05) is 30.3 Å². The van der Waals surface area contributed by atoms with E-state index in [4.69, 9.17) is 9.47 Å². The topological polar surface area (TPSA) is 161 Å². The van der Waals surface area contributed by atoms with Crippen LogP contribution in [0.4, 0.5) is 5.69 Å². The van der Waals surface area contributed by atoms with Crippen LogP contribution in [0.15, 0.2) is 90.3 Å². The molecule has 0 bridgehead atoms. The molecule has 2 fully saturated rings. The van der Waals surface area contributed by atoms with Crippen LogP contribution in [0.2, 0.25) is 0 Å². The number of ether oxygens (including phenoxy) is 2. The van der Waals surface area contributed by atoms with Gasteiger partial charge in [-0.2, -0.15) is 0 Å². The molecule has 2 atom stereocenters. The number of aryl methyl sites for hydroxylation is 2. The number of phenols is 4. The lowest BCUT2D eigenvalue weighted by molar-refractivity contribution is -0.131. The van der Waals surface area contributed by atoms with Gasteiger partial charge < -0.3 is 45.6 Å². The van der Waals surface area contributed by atoms with Gasteiger partial charge in [-0.05, 0) is 140 Å². The molecule has 1 heterocycles. The highest BCUT2D eigenvalue weighted by atomic mass is 16.5. The number of fused-ring (bicyclic) bond motifs is 1. The fraction of sp³-hybridized carbons (Fsp3) is 0.413. The van der Waals surface area contributed by atoms with E-state index < -0.39 is 17.4 Å². The summed E-state index contributed by atoms with van der Waals surface area (Å²) in [6.45, 7) is 0.554. The predicted octanol–water partition coefficient (Wildman–Crippen LogP) is 8.54. The normalized spacial score (nSPS) is 18.0. The summed E-state index contributed by atoms with van der Waals surface area (Å²) in [7, 11) is 1.50. The Morgan fingerprint density at radius 2 is 1.59 bits per heavy atom. The zero-order valence-corrected chi connectivity index (χ0v) is 32.1. The van der Waals surface area contributed by atoms with Crippen LogP contribution >= 0.6 is 0 Å². The Morgan fingerprint density at radius 3 is 2.38 bits per heavy atom. The molecule has 0 amide bonds. The van der Waals surface area contributed by atoms with Gasteiger partial charge in [0.15, 0.2) is 23.0 Å². The van der Waals surface area contributed by atoms with Crippen LogP contribution in [0.25, 0.3) is 10.8 Å². The number of allylic oxidation sites excluding steroid dienone is 2. The van der Waals surface area contributed by atoms with Crippen molar-refractivity contribution in [3.63, 3.8) is 0 Å². The predicted molar refractivity (Wildman–Crippen MR) is 217 cm³/mol. The van der Waals surface area contributed by atoms with Gasteiger partial charge in [0.05, 0.1) is 25.2 Å². The van der Waals surface area contributed by atoms with Crippen molar-refractivity contribution in [3.05, 3.63) is 101 Å². The number of methoxy groups -OCH3 is 1. The molecule has 4 aromatic carbocycles. The molecule has 0 spiro atoms. The smallest absolute Gasteiger partial charge is 0.200 e. The molecule has 0 saturated heterocycles. The first-order valence-electron chi connectivity index (χ1n) is 20.1. The van der Waals surface area contributed by atoms with E-state index in [1.54, 1.807) is 30.3 Å². The summed E-state index contributed by atoms with van der Waals surface area (Å²) in [6, 6.07) is 19.6. The van der Waals surface area contributed by atoms with Crippen molar-refractivity contribution < 1.29 is 39.8 Å². The maximum Gasteiger partial charge on any atom is 0.200 e. The van der Waals surface area contributed by atoms with Crippen LogP contribution in [0.1, 0.15) is 81.8 Å². The molecule has 2 unspecified atom stereocenters. The maximum absolute atomic E-state index is 14.8. The number of aliphatic hydroxyl groups is 1. The lowest BCUT2D eigenvalue weighted by Crippen LogP contribution is -2.44. The number of aromatic hydroxyl groups is 4. The van der Waals surface area contributed by atoms with Crippen LogP contribution < -0.4 is 20.1 Å². The SMILES string of the molecule is COc1cc(CCC(O)C(C(=O)CCc2cc(O)c(O)c(OC3CCCCC3)c2)C2(C3=CCNC(Nc4ccc5cc(O)ccc5c4)=C3)CCCC2)ccc1O. The summed E-state index contributed by atoms with van der Waals surface area (Å²) >= 11 is 0. The lowest BCUT2D eigenvalue weighted by Gasteiger charge is -2.42. The Bertz CT molecular complexity index is 2100. The van der Waals surface area contributed by atoms with Gasteiger partial charge in [-0.3, -0.25) is 4.79 Å². The number of dihydropyridines is 1. The lowest BCUT2D eigenvalue weighted by atomic mass is 9.63. The summed E-state index contributed by atoms with van der Waals surface area (Å²) in [4.78, 5) is 14.8. The van der Waals surface area contributed by atoms with Gasteiger partial charge in [-0.15, -0.1) is 0 Å². The second-order valence-electron chi connectivity index (χ2n) is 15.7. The standard InChI is InChI=1S/C46H54N2O8/c1-55-41-24-29(9-16-37(41)50)10-17-38(51)44(39(52)18-11-30-23-40(53)45(54)42(25-30)56-36-7-3-2-4-8-36)46(20-5-6-21-46)33-19-22-47-43(28-33)48-34-14-12-32-27-35(49)15-13-31(32)26-34/h9,12-16,19,23-28,36,38,44,47-51,53-54H,2-8,10-11,17-18,20-22H2,1H3. The van der Waals surface area contributed by atoms with Crippen LogP contribution in [-0.2, 0) is 17.6 Å². The molecule has 2 aliphatic carbocycles. The number of ketones is 1. The molecule has 2 saturated carbocycles. The summed E-state index contributed by atoms with van der Waals surface area (Å²) in [5.74, 6) is 0.337. The van der Waals surface area contributed by atoms with Gasteiger partial charge in [0.25, 0.3) is 0 Å². The first-order valence-corrected chi connectivity index (χ1v) is 20.1. The summed E-state index contributed by atoms with van der Waals surface area (Å²) in [5, 5.41) is 62.5. The molecule has 0 aromatic heterocycles. The van der Waals surface area contributed by atoms with Crippen molar-refractivity contribution in [3.8, 4) is 34.5 Å². The average molecular weight is 763 g/mol. The van der Waals surface area contributed by atoms with E-state index in [0.717, 1.165) is 91.2 Å². The van der Waals surface area contributed by atoms with E-state index in [9.17, 15) is 30.3 Å². The minimum absolute atomic E-state index is 0.0253. The number of rotatable bonds is 15. The number of nitrogens with one attached hydrogen (secondary N) is 2. The molecule has 7 N–H and O–H groups in total. The van der Waals surface area contributed by atoms with Crippen molar-refractivity contribution in [2.24, 2.45) is 11.3 Å². The molecule has 10 heteroatoms. The number of hydrogen-bond acceptors (Lipinski definition) is 10. The molecule has 7 rings (SSSR count). The van der Waals surface area contributed by atoms with Crippen LogP contribution in [-0.4, -0.2) is 57.2 Å². The summed E-state index contributed by atoms with van der Waals surface area (Å²) in [5.41, 5.74) is 2.86. The molecular formula is C46H54N2O8. The summed E-state index contributed by atoms with van der Waals surface area (Å²) in [6.07, 6.45) is 12.9. The average Bonchev–Trinajstić information content (AvgIpc) is 3.70. The van der Waals surface area contributed by atoms with Crippen molar-refractivity contribution in [2.45, 2.75) is 95.7 Å². The number of anilines is 1. The minimum Gasteiger partial charge on any atom is -0.508 e. The van der Waals surface area contributed by atoms with Crippen LogP contribution in [0.3, 0.4) is 0 Å². The van der Waals surface area contributed by atoms with Gasteiger partial charge in [-0.1, -0.05) is 43.5 Å². The quantitative estimate of drug-likeness (QED) is 0.0585. The van der Waals surface area contributed by atoms with Gasteiger partial charge in [0.1, 0.15) is 17.4 Å². The Balaban J connectivity index is 1.16. The van der Waals surface area contributed by atoms with Crippen molar-refractivity contribution >= 4 is 22.2 Å². The zero-order chi connectivity index (χ0) is 39.2. The van der Waals surface area contributed by atoms with Crippen molar-refractivity contribution in [1.82, 2.24) is 5.32 Å². The molecule has 296 valence electrons. The number of carbonyl (C=O) groups is 1. The van der Waals surface area contributed by atoms with E-state index in [2.05, 4.69) is 22.8 Å². The van der Waals surface area contributed by atoms with Crippen LogP contribution in [0.5, 0.6) is 34.5 Å². The molecule has 1 aliphatic heterocycles. The number of carbonyl (C=O) groups excluding carboxylic acids is 1. The van der Waals surface area contributed by atoms with E-state index in [1.165, 1.54) is 13.2 Å². The van der Waals surface area contributed by atoms with Gasteiger partial charge >= 0.3 is 0 Å². The fourth-order valence-electron chi connectivity index (χ4n) is 9.13. The Morgan fingerprint density at radius 1 is 0.839 bits per heavy atom. The van der Waals surface area contributed by atoms with Crippen molar-refractivity contribution in [1.29, 1.82) is 0 Å². The third-order valence-electron chi connectivity index (χ3n) is 12.0. The third-order valence-corrected chi connectivity index (χ3v) is 12.0. The largest absolute Gasteiger partial charge is 0.508 e. The summed E-state index contributed by atoms with van der Waals surface area (Å²) < 4.78 is 11.5. The van der Waals surface area contributed by atoms with Crippen LogP contribution in [0, 0.1) is 11.3 Å². The maximum atomic E-state index is 14.8. The number of aliphatic hydroxyl groups excluding tert-OH is 1. The second-order valence-corrected chi connectivity index (χ2v) is 15.7. The molecule has 0 radical (unpaired) electrons. The highest BCUT2D eigenvalue weighted by molar-refractivity contribution is 5.87.